The first-order valence-corrected chi connectivity index (χ1v) is 4.41. The zero-order chi connectivity index (χ0) is 10.3. The number of aromatic nitrogens is 2. The normalized spacial score (nSPS) is 10.7. The number of nitrogens with zero attached hydrogens (tertiary/aromatic N) is 2. The van der Waals surface area contributed by atoms with E-state index >= 15 is 0 Å². The summed E-state index contributed by atoms with van der Waals surface area (Å²) in [6.07, 6.45) is 3.36. The second-order valence-corrected chi connectivity index (χ2v) is 3.40. The van der Waals surface area contributed by atoms with Crippen LogP contribution in [0, 0.1) is 6.92 Å². The highest BCUT2D eigenvalue weighted by Gasteiger charge is 2.14. The minimum absolute atomic E-state index is 0.266. The van der Waals surface area contributed by atoms with Gasteiger partial charge in [0.1, 0.15) is 5.56 Å². The van der Waals surface area contributed by atoms with Gasteiger partial charge in [-0.2, -0.15) is 0 Å². The van der Waals surface area contributed by atoms with E-state index in [-0.39, 0.29) is 5.56 Å². The lowest BCUT2D eigenvalue weighted by molar-refractivity contribution is 0.100. The Labute approximate surface area is 85.3 Å². The number of carbonyl (C=O) groups excluding carboxylic acids is 1. The molecule has 0 unspecified atom stereocenters. The van der Waals surface area contributed by atoms with Crippen LogP contribution in [0.4, 0.5) is 0 Å². The molecular formula is C9H8ClN3O. The van der Waals surface area contributed by atoms with Gasteiger partial charge in [-0.15, -0.1) is 0 Å². The number of nitrogens with two attached hydrogens (primary N) is 1. The van der Waals surface area contributed by atoms with E-state index < -0.39 is 5.91 Å². The van der Waals surface area contributed by atoms with Crippen LogP contribution in [0.25, 0.3) is 5.65 Å². The molecule has 0 aromatic carbocycles. The first-order valence-electron chi connectivity index (χ1n) is 4.03. The zero-order valence-corrected chi connectivity index (χ0v) is 8.25. The first-order chi connectivity index (χ1) is 6.61. The summed E-state index contributed by atoms with van der Waals surface area (Å²) in [5.41, 5.74) is 6.89. The Hall–Kier alpha value is -1.55. The number of imidazole rings is 1. The van der Waals surface area contributed by atoms with Crippen LogP contribution >= 0.6 is 11.6 Å². The summed E-state index contributed by atoms with van der Waals surface area (Å²) in [5, 5.41) is 0.341. The van der Waals surface area contributed by atoms with Crippen LogP contribution in [0.15, 0.2) is 18.5 Å². The van der Waals surface area contributed by atoms with Crippen molar-refractivity contribution in [2.45, 2.75) is 6.92 Å². The molecule has 14 heavy (non-hydrogen) atoms. The number of fused-ring (bicyclic) bond motifs is 1. The van der Waals surface area contributed by atoms with Gasteiger partial charge in [0.2, 0.25) is 0 Å². The molecule has 0 aliphatic carbocycles. The van der Waals surface area contributed by atoms with E-state index in [0.29, 0.717) is 10.7 Å². The third kappa shape index (κ3) is 1.15. The molecule has 2 aromatic rings. The molecule has 1 amide bonds. The molecule has 2 N–H and O–H groups in total. The number of aryl methyl sites for hydroxylation is 1. The first kappa shape index (κ1) is 9.02. The van der Waals surface area contributed by atoms with Crippen molar-refractivity contribution in [3.63, 3.8) is 0 Å². The van der Waals surface area contributed by atoms with Crippen molar-refractivity contribution in [1.29, 1.82) is 0 Å². The third-order valence-electron chi connectivity index (χ3n) is 2.07. The summed E-state index contributed by atoms with van der Waals surface area (Å²) in [7, 11) is 0. The maximum atomic E-state index is 11.1. The van der Waals surface area contributed by atoms with E-state index in [1.165, 1.54) is 0 Å². The second-order valence-electron chi connectivity index (χ2n) is 2.99. The lowest BCUT2D eigenvalue weighted by atomic mass is 10.2. The van der Waals surface area contributed by atoms with Crippen LogP contribution in [0.2, 0.25) is 5.02 Å². The fourth-order valence-corrected chi connectivity index (χ4v) is 1.77. The van der Waals surface area contributed by atoms with Gasteiger partial charge >= 0.3 is 0 Å². The lowest BCUT2D eigenvalue weighted by Crippen LogP contribution is -2.14. The van der Waals surface area contributed by atoms with Crippen LogP contribution in [0.5, 0.6) is 0 Å². The van der Waals surface area contributed by atoms with Gasteiger partial charge in [0.05, 0.1) is 5.02 Å². The molecule has 0 bridgehead atoms. The Bertz CT molecular complexity index is 518. The van der Waals surface area contributed by atoms with Crippen molar-refractivity contribution >= 4 is 23.2 Å². The van der Waals surface area contributed by atoms with Crippen molar-refractivity contribution < 1.29 is 4.79 Å². The largest absolute Gasteiger partial charge is 0.365 e. The predicted molar refractivity (Wildman–Crippen MR) is 53.5 cm³/mol. The van der Waals surface area contributed by atoms with Crippen LogP contribution in [-0.4, -0.2) is 15.3 Å². The van der Waals surface area contributed by atoms with Gasteiger partial charge in [0.15, 0.2) is 5.65 Å². The van der Waals surface area contributed by atoms with Gasteiger partial charge in [-0.1, -0.05) is 11.6 Å². The van der Waals surface area contributed by atoms with E-state index in [4.69, 9.17) is 17.3 Å². The van der Waals surface area contributed by atoms with Gasteiger partial charge in [0, 0.05) is 18.1 Å². The molecule has 0 aliphatic rings. The van der Waals surface area contributed by atoms with Gasteiger partial charge in [0.25, 0.3) is 5.91 Å². The van der Waals surface area contributed by atoms with Gasteiger partial charge in [-0.25, -0.2) is 4.98 Å². The Kier molecular flexibility index (Phi) is 1.93. The van der Waals surface area contributed by atoms with Crippen molar-refractivity contribution in [2.75, 3.05) is 0 Å². The molecule has 0 radical (unpaired) electrons. The lowest BCUT2D eigenvalue weighted by Gasteiger charge is -2.05. The van der Waals surface area contributed by atoms with E-state index in [1.54, 1.807) is 22.9 Å². The highest BCUT2D eigenvalue weighted by molar-refractivity contribution is 6.34. The van der Waals surface area contributed by atoms with Crippen LogP contribution < -0.4 is 5.73 Å². The molecule has 0 saturated carbocycles. The molecule has 2 rings (SSSR count). The fraction of sp³-hybridized carbons (Fsp3) is 0.111. The molecule has 72 valence electrons. The number of amides is 1. The molecule has 2 aromatic heterocycles. The fourth-order valence-electron chi connectivity index (χ4n) is 1.43. The summed E-state index contributed by atoms with van der Waals surface area (Å²) in [6.45, 7) is 1.88. The third-order valence-corrected chi connectivity index (χ3v) is 2.36. The second kappa shape index (κ2) is 2.99. The van der Waals surface area contributed by atoms with Crippen molar-refractivity contribution in [3.05, 3.63) is 34.7 Å². The van der Waals surface area contributed by atoms with Gasteiger partial charge in [-0.05, 0) is 13.0 Å². The molecule has 0 fully saturated rings. The smallest absolute Gasteiger partial charge is 0.254 e. The quantitative estimate of drug-likeness (QED) is 0.772. The van der Waals surface area contributed by atoms with Gasteiger partial charge in [-0.3, -0.25) is 4.79 Å². The number of rotatable bonds is 1. The van der Waals surface area contributed by atoms with E-state index in [9.17, 15) is 4.79 Å². The Balaban J connectivity index is 2.93. The van der Waals surface area contributed by atoms with Gasteiger partial charge < -0.3 is 10.1 Å². The molecule has 0 aliphatic heterocycles. The molecular weight excluding hydrogens is 202 g/mol. The Morgan fingerprint density at radius 3 is 3.00 bits per heavy atom. The highest BCUT2D eigenvalue weighted by atomic mass is 35.5. The molecule has 4 nitrogen and oxygen atoms in total. The van der Waals surface area contributed by atoms with Crippen molar-refractivity contribution in [1.82, 2.24) is 9.38 Å². The average molecular weight is 210 g/mol. The summed E-state index contributed by atoms with van der Waals surface area (Å²) in [6, 6.07) is 1.69. The molecule has 0 saturated heterocycles. The number of hydrogen-bond acceptors (Lipinski definition) is 2. The molecule has 0 atom stereocenters. The van der Waals surface area contributed by atoms with Crippen LogP contribution in [-0.2, 0) is 0 Å². The summed E-state index contributed by atoms with van der Waals surface area (Å²) in [4.78, 5) is 15.2. The van der Waals surface area contributed by atoms with E-state index in [2.05, 4.69) is 4.98 Å². The highest BCUT2D eigenvalue weighted by Crippen LogP contribution is 2.21. The van der Waals surface area contributed by atoms with E-state index in [0.717, 1.165) is 5.69 Å². The maximum absolute atomic E-state index is 11.1. The Morgan fingerprint density at radius 1 is 1.64 bits per heavy atom. The predicted octanol–water partition coefficient (Wildman–Crippen LogP) is 1.40. The van der Waals surface area contributed by atoms with Crippen LogP contribution in [0.1, 0.15) is 16.1 Å². The summed E-state index contributed by atoms with van der Waals surface area (Å²) < 4.78 is 1.77. The molecule has 2 heterocycles. The number of primary amides is 1. The number of hydrogen-bond donors (Lipinski definition) is 1. The standard InChI is InChI=1S/C9H8ClN3O/c1-5-4-6(10)7(8(11)14)9-12-2-3-13(5)9/h2-4H,1H3,(H2,11,14). The van der Waals surface area contributed by atoms with Crippen molar-refractivity contribution in [2.24, 2.45) is 5.73 Å². The minimum atomic E-state index is -0.564. The topological polar surface area (TPSA) is 60.4 Å². The average Bonchev–Trinajstić information content (AvgIpc) is 2.51. The SMILES string of the molecule is Cc1cc(Cl)c(C(N)=O)c2nccn12. The molecule has 0 spiro atoms. The molecule has 5 heteroatoms. The van der Waals surface area contributed by atoms with Crippen LogP contribution in [0.3, 0.4) is 0 Å². The maximum Gasteiger partial charge on any atom is 0.254 e. The zero-order valence-electron chi connectivity index (χ0n) is 7.49. The van der Waals surface area contributed by atoms with E-state index in [1.807, 2.05) is 6.92 Å². The van der Waals surface area contributed by atoms with Crippen molar-refractivity contribution in [3.8, 4) is 0 Å². The summed E-state index contributed by atoms with van der Waals surface area (Å²) >= 11 is 5.91. The summed E-state index contributed by atoms with van der Waals surface area (Å²) in [5.74, 6) is -0.564. The minimum Gasteiger partial charge on any atom is -0.365 e. The number of carbonyl (C=O) groups is 1. The Morgan fingerprint density at radius 2 is 2.36 bits per heavy atom. The number of halogens is 1. The monoisotopic (exact) mass is 209 g/mol. The number of pyridine rings is 1.